The second-order valence-corrected chi connectivity index (χ2v) is 8.08. The molecule has 1 N–H and O–H groups in total. The van der Waals surface area contributed by atoms with Crippen LogP contribution >= 0.6 is 11.6 Å². The van der Waals surface area contributed by atoms with Crippen molar-refractivity contribution in [2.24, 2.45) is 5.92 Å². The first-order valence-electron chi connectivity index (χ1n) is 9.27. The predicted octanol–water partition coefficient (Wildman–Crippen LogP) is 5.61. The van der Waals surface area contributed by atoms with E-state index in [0.29, 0.717) is 36.1 Å². The maximum atomic E-state index is 12.0. The van der Waals surface area contributed by atoms with Gasteiger partial charge in [0.25, 0.3) is 0 Å². The first-order chi connectivity index (χ1) is 12.5. The van der Waals surface area contributed by atoms with Crippen molar-refractivity contribution in [1.29, 1.82) is 0 Å². The van der Waals surface area contributed by atoms with Crippen LogP contribution in [0.3, 0.4) is 0 Å². The largest absolute Gasteiger partial charge is 0.492 e. The Kier molecular flexibility index (Phi) is 4.44. The molecule has 0 atom stereocenters. The van der Waals surface area contributed by atoms with E-state index in [2.05, 4.69) is 0 Å². The predicted molar refractivity (Wildman–Crippen MR) is 103 cm³/mol. The van der Waals surface area contributed by atoms with E-state index in [1.54, 1.807) is 0 Å². The minimum absolute atomic E-state index is 0.568. The van der Waals surface area contributed by atoms with Gasteiger partial charge in [0.15, 0.2) is 0 Å². The second-order valence-electron chi connectivity index (χ2n) is 7.70. The van der Waals surface area contributed by atoms with Crippen molar-refractivity contribution in [3.63, 3.8) is 0 Å². The second kappa shape index (κ2) is 6.62. The molecule has 3 nitrogen and oxygen atoms in total. The molecule has 2 saturated carbocycles. The lowest BCUT2D eigenvalue weighted by molar-refractivity contribution is -0.147. The normalized spacial score (nSPS) is 18.2. The van der Waals surface area contributed by atoms with E-state index in [1.165, 1.54) is 18.4 Å². The molecule has 0 amide bonds. The Labute approximate surface area is 158 Å². The highest BCUT2D eigenvalue weighted by Gasteiger charge is 2.46. The molecule has 136 valence electrons. The van der Waals surface area contributed by atoms with Gasteiger partial charge in [-0.2, -0.15) is 0 Å². The molecule has 0 aliphatic heterocycles. The molecule has 2 aliphatic carbocycles. The molecule has 26 heavy (non-hydrogen) atoms. The number of hydrogen-bond acceptors (Lipinski definition) is 2. The third-order valence-electron chi connectivity index (χ3n) is 5.74. The lowest BCUT2D eigenvalue weighted by Crippen LogP contribution is -2.42. The Balaban J connectivity index is 1.80. The van der Waals surface area contributed by atoms with E-state index in [1.807, 2.05) is 43.3 Å². The molecule has 0 radical (unpaired) electrons. The van der Waals surface area contributed by atoms with Crippen molar-refractivity contribution in [2.45, 2.75) is 44.4 Å². The highest BCUT2D eigenvalue weighted by atomic mass is 35.5. The number of aliphatic carboxylic acids is 1. The number of ether oxygens (including phenoxy) is 1. The Morgan fingerprint density at radius 1 is 1.23 bits per heavy atom. The van der Waals surface area contributed by atoms with Crippen molar-refractivity contribution in [1.82, 2.24) is 0 Å². The molecule has 2 aromatic rings. The summed E-state index contributed by atoms with van der Waals surface area (Å²) >= 11 is 6.68. The molecular formula is C22H23ClO3. The molecule has 0 unspecified atom stereocenters. The molecular weight excluding hydrogens is 348 g/mol. The summed E-state index contributed by atoms with van der Waals surface area (Å²) in [5.41, 5.74) is 3.01. The van der Waals surface area contributed by atoms with Gasteiger partial charge in [0, 0.05) is 5.56 Å². The standard InChI is InChI=1S/C22H23ClO3/c1-14-3-7-16(8-4-14)18-11-17(22(21(24)25)9-2-10-22)12-19(20(18)23)26-13-15-5-6-15/h3-4,7-8,11-12,15H,2,5-6,9-10,13H2,1H3,(H,24,25). The van der Waals surface area contributed by atoms with Gasteiger partial charge in [0.2, 0.25) is 0 Å². The summed E-state index contributed by atoms with van der Waals surface area (Å²) in [6.45, 7) is 2.69. The topological polar surface area (TPSA) is 46.5 Å². The Bertz CT molecular complexity index is 833. The summed E-state index contributed by atoms with van der Waals surface area (Å²) in [6, 6.07) is 11.9. The Morgan fingerprint density at radius 3 is 2.46 bits per heavy atom. The maximum Gasteiger partial charge on any atom is 0.314 e. The molecule has 4 heteroatoms. The smallest absolute Gasteiger partial charge is 0.314 e. The molecule has 0 spiro atoms. The monoisotopic (exact) mass is 370 g/mol. The summed E-state index contributed by atoms with van der Waals surface area (Å²) in [4.78, 5) is 12.0. The third-order valence-corrected chi connectivity index (χ3v) is 6.13. The van der Waals surface area contributed by atoms with Crippen molar-refractivity contribution >= 4 is 17.6 Å². The molecule has 2 aromatic carbocycles. The van der Waals surface area contributed by atoms with E-state index in [-0.39, 0.29) is 0 Å². The van der Waals surface area contributed by atoms with Crippen LogP contribution in [0.5, 0.6) is 5.75 Å². The number of aryl methyl sites for hydroxylation is 1. The summed E-state index contributed by atoms with van der Waals surface area (Å²) in [5, 5.41) is 10.4. The van der Waals surface area contributed by atoms with E-state index in [9.17, 15) is 9.90 Å². The van der Waals surface area contributed by atoms with Crippen LogP contribution in [-0.2, 0) is 10.2 Å². The van der Waals surface area contributed by atoms with Gasteiger partial charge in [-0.15, -0.1) is 0 Å². The number of carboxylic acids is 1. The zero-order valence-corrected chi connectivity index (χ0v) is 15.7. The van der Waals surface area contributed by atoms with Gasteiger partial charge in [-0.05, 0) is 61.8 Å². The van der Waals surface area contributed by atoms with Gasteiger partial charge >= 0.3 is 5.97 Å². The van der Waals surface area contributed by atoms with Crippen LogP contribution in [-0.4, -0.2) is 17.7 Å². The first kappa shape index (κ1) is 17.4. The quantitative estimate of drug-likeness (QED) is 0.718. The Morgan fingerprint density at radius 2 is 1.92 bits per heavy atom. The fraction of sp³-hybridized carbons (Fsp3) is 0.409. The van der Waals surface area contributed by atoms with Crippen molar-refractivity contribution < 1.29 is 14.6 Å². The third kappa shape index (κ3) is 3.09. The number of benzene rings is 2. The van der Waals surface area contributed by atoms with Gasteiger partial charge in [-0.25, -0.2) is 0 Å². The number of rotatable bonds is 6. The van der Waals surface area contributed by atoms with Gasteiger partial charge in [-0.1, -0.05) is 47.9 Å². The summed E-state index contributed by atoms with van der Waals surface area (Å²) in [6.07, 6.45) is 4.66. The highest BCUT2D eigenvalue weighted by Crippen LogP contribution is 2.48. The van der Waals surface area contributed by atoms with Crippen LogP contribution in [0.15, 0.2) is 36.4 Å². The number of carbonyl (C=O) groups is 1. The number of hydrogen-bond donors (Lipinski definition) is 1. The van der Waals surface area contributed by atoms with Crippen LogP contribution in [0, 0.1) is 12.8 Å². The van der Waals surface area contributed by atoms with Crippen molar-refractivity contribution in [3.8, 4) is 16.9 Å². The maximum absolute atomic E-state index is 12.0. The average molecular weight is 371 g/mol. The van der Waals surface area contributed by atoms with Gasteiger partial charge in [0.05, 0.1) is 17.0 Å². The van der Waals surface area contributed by atoms with Gasteiger partial charge < -0.3 is 9.84 Å². The van der Waals surface area contributed by atoms with Crippen LogP contribution in [0.4, 0.5) is 0 Å². The molecule has 4 rings (SSSR count). The highest BCUT2D eigenvalue weighted by molar-refractivity contribution is 6.34. The zero-order valence-electron chi connectivity index (χ0n) is 14.9. The zero-order chi connectivity index (χ0) is 18.3. The fourth-order valence-electron chi connectivity index (χ4n) is 3.57. The summed E-state index contributed by atoms with van der Waals surface area (Å²) < 4.78 is 6.01. The van der Waals surface area contributed by atoms with E-state index < -0.39 is 11.4 Å². The van der Waals surface area contributed by atoms with Gasteiger partial charge in [0.1, 0.15) is 5.75 Å². The number of carboxylic acid groups (broad SMARTS) is 1. The van der Waals surface area contributed by atoms with E-state index in [4.69, 9.17) is 16.3 Å². The van der Waals surface area contributed by atoms with Crippen molar-refractivity contribution in [2.75, 3.05) is 6.61 Å². The summed E-state index contributed by atoms with van der Waals surface area (Å²) in [7, 11) is 0. The minimum Gasteiger partial charge on any atom is -0.492 e. The molecule has 2 aliphatic rings. The van der Waals surface area contributed by atoms with Gasteiger partial charge in [-0.3, -0.25) is 4.79 Å². The first-order valence-corrected chi connectivity index (χ1v) is 9.65. The lowest BCUT2D eigenvalue weighted by atomic mass is 9.64. The molecule has 0 heterocycles. The molecule has 0 bridgehead atoms. The fourth-order valence-corrected chi connectivity index (χ4v) is 3.84. The lowest BCUT2D eigenvalue weighted by Gasteiger charge is -2.38. The van der Waals surface area contributed by atoms with Crippen LogP contribution in [0.2, 0.25) is 5.02 Å². The Hall–Kier alpha value is -2.00. The average Bonchev–Trinajstić information content (AvgIpc) is 3.38. The summed E-state index contributed by atoms with van der Waals surface area (Å²) in [5.74, 6) is 0.461. The van der Waals surface area contributed by atoms with Crippen LogP contribution in [0.25, 0.3) is 11.1 Å². The molecule has 2 fully saturated rings. The molecule has 0 saturated heterocycles. The van der Waals surface area contributed by atoms with Crippen LogP contribution < -0.4 is 4.74 Å². The van der Waals surface area contributed by atoms with E-state index >= 15 is 0 Å². The van der Waals surface area contributed by atoms with Crippen molar-refractivity contribution in [3.05, 3.63) is 52.5 Å². The SMILES string of the molecule is Cc1ccc(-c2cc(C3(C(=O)O)CCC3)cc(OCC3CC3)c2Cl)cc1. The van der Waals surface area contributed by atoms with E-state index in [0.717, 1.165) is 23.1 Å². The number of halogens is 1. The van der Waals surface area contributed by atoms with Crippen LogP contribution in [0.1, 0.15) is 43.2 Å². The molecule has 0 aromatic heterocycles. The minimum atomic E-state index is -0.804.